The largest absolute Gasteiger partial charge is 0.207 e. The molecule has 0 bridgehead atoms. The SMILES string of the molecule is Fc1c(F)c(F)c([B-](c2c(F)c(F)c(F)c(F)c2F)(c2c(F)c(F)c(F)c(F)c2F)c2c(F)c(F)c(F)c(F)c2F)c(F)c1F.N#CC(C#N)=CC[S+](=O)(C#Cc1ccccc1)c1ccccc1. The molecule has 68 heavy (non-hydrogen) atoms. The van der Waals surface area contributed by atoms with Gasteiger partial charge in [-0.05, 0) is 36.3 Å². The highest BCUT2D eigenvalue weighted by molar-refractivity contribution is 8.07. The Morgan fingerprint density at radius 2 is 0.662 bits per heavy atom. The zero-order valence-corrected chi connectivity index (χ0v) is 33.2. The minimum Gasteiger partial charge on any atom is -0.207 e. The van der Waals surface area contributed by atoms with Crippen molar-refractivity contribution in [3.05, 3.63) is 194 Å². The van der Waals surface area contributed by atoms with Gasteiger partial charge in [-0.2, -0.15) is 10.5 Å². The predicted molar refractivity (Wildman–Crippen MR) is 199 cm³/mol. The summed E-state index contributed by atoms with van der Waals surface area (Å²) in [6.07, 6.45) is -5.83. The maximum atomic E-state index is 15.4. The standard InChI is InChI=1S/C24BF20.C19H13N2OS/c26-5-1(6(27)14(35)21(42)13(5)34)25(2-7(28)15(36)22(43)16(37)8(2)29,3-9(30)17(38)23(44)18(39)10(3)31)4-11(32)19(40)24(45)20(41)12(4)33;20-15-18(16-21)12-14-23(22,19-9-5-2-6-10-19)13-11-17-7-3-1-4-8-17/h;1-10,12H,14H2/q-1;+1. The Bertz CT molecular complexity index is 2870. The summed E-state index contributed by atoms with van der Waals surface area (Å²) in [6.45, 7) is 0. The molecule has 0 aliphatic heterocycles. The molecular formula is C43H13BF20N2OS. The van der Waals surface area contributed by atoms with Crippen molar-refractivity contribution in [1.29, 1.82) is 10.5 Å². The number of halogens is 20. The topological polar surface area (TPSA) is 64.7 Å². The summed E-state index contributed by atoms with van der Waals surface area (Å²) >= 11 is 0. The van der Waals surface area contributed by atoms with Gasteiger partial charge >= 0.3 is 0 Å². The van der Waals surface area contributed by atoms with Crippen molar-refractivity contribution >= 4 is 37.9 Å². The molecule has 0 amide bonds. The molecule has 0 radical (unpaired) electrons. The summed E-state index contributed by atoms with van der Waals surface area (Å²) in [6, 6.07) is 21.7. The highest BCUT2D eigenvalue weighted by atomic mass is 32.2. The van der Waals surface area contributed by atoms with Crippen LogP contribution in [-0.4, -0.2) is 11.9 Å². The van der Waals surface area contributed by atoms with Crippen molar-refractivity contribution in [3.63, 3.8) is 0 Å². The predicted octanol–water partition coefficient (Wildman–Crippen LogP) is 9.37. The van der Waals surface area contributed by atoms with Crippen molar-refractivity contribution in [2.45, 2.75) is 4.90 Å². The third-order valence-electron chi connectivity index (χ3n) is 9.73. The lowest BCUT2D eigenvalue weighted by Crippen LogP contribution is -2.81. The van der Waals surface area contributed by atoms with E-state index in [9.17, 15) is 56.9 Å². The molecule has 0 aliphatic carbocycles. The van der Waals surface area contributed by atoms with Gasteiger partial charge in [0.15, 0.2) is 95.6 Å². The number of nitrogens with zero attached hydrogens (tertiary/aromatic N) is 2. The van der Waals surface area contributed by atoms with Crippen LogP contribution in [0.1, 0.15) is 5.56 Å². The number of hydrogen-bond donors (Lipinski definition) is 0. The van der Waals surface area contributed by atoms with E-state index in [2.05, 4.69) is 11.2 Å². The van der Waals surface area contributed by atoms with Gasteiger partial charge in [-0.1, -0.05) is 40.6 Å². The van der Waals surface area contributed by atoms with Crippen LogP contribution in [0.5, 0.6) is 0 Å². The monoisotopic (exact) mass is 996 g/mol. The molecule has 25 heteroatoms. The van der Waals surface area contributed by atoms with Crippen molar-refractivity contribution in [1.82, 2.24) is 0 Å². The molecule has 6 aromatic rings. The Balaban J connectivity index is 0.000000314. The maximum absolute atomic E-state index is 15.4. The van der Waals surface area contributed by atoms with E-state index in [4.69, 9.17) is 10.5 Å². The maximum Gasteiger partial charge on any atom is 0.200 e. The van der Waals surface area contributed by atoms with E-state index in [0.29, 0.717) is 4.90 Å². The molecule has 0 aromatic heterocycles. The second-order valence-corrected chi connectivity index (χ2v) is 15.7. The van der Waals surface area contributed by atoms with Gasteiger partial charge in [-0.15, -0.1) is 21.9 Å². The Labute approximate surface area is 368 Å². The first kappa shape index (κ1) is 51.4. The van der Waals surface area contributed by atoms with Crippen LogP contribution in [0.4, 0.5) is 87.8 Å². The zero-order valence-electron chi connectivity index (χ0n) is 32.4. The molecule has 0 heterocycles. The van der Waals surface area contributed by atoms with Crippen molar-refractivity contribution < 1.29 is 92.0 Å². The summed E-state index contributed by atoms with van der Waals surface area (Å²) in [5.74, 6) is -68.4. The van der Waals surface area contributed by atoms with Crippen molar-refractivity contribution in [2.75, 3.05) is 5.75 Å². The lowest BCUT2D eigenvalue weighted by Gasteiger charge is -2.44. The molecule has 0 aliphatic rings. The van der Waals surface area contributed by atoms with E-state index in [-0.39, 0.29) is 11.3 Å². The van der Waals surface area contributed by atoms with E-state index in [1.807, 2.05) is 36.4 Å². The molecule has 0 N–H and O–H groups in total. The fourth-order valence-corrected chi connectivity index (χ4v) is 8.37. The van der Waals surface area contributed by atoms with Crippen molar-refractivity contribution in [3.8, 4) is 23.3 Å². The molecule has 0 spiro atoms. The molecule has 6 aromatic carbocycles. The van der Waals surface area contributed by atoms with Crippen LogP contribution in [0.3, 0.4) is 0 Å². The van der Waals surface area contributed by atoms with Crippen LogP contribution >= 0.6 is 0 Å². The third kappa shape index (κ3) is 8.51. The van der Waals surface area contributed by atoms with Crippen LogP contribution < -0.4 is 21.9 Å². The van der Waals surface area contributed by atoms with Gasteiger partial charge in [0, 0.05) is 5.56 Å². The lowest BCUT2D eigenvalue weighted by molar-refractivity contribution is 0.378. The summed E-state index contributed by atoms with van der Waals surface area (Å²) in [5.41, 5.74) is -13.6. The first-order valence-corrected chi connectivity index (χ1v) is 19.5. The van der Waals surface area contributed by atoms with E-state index in [1.165, 1.54) is 6.08 Å². The van der Waals surface area contributed by atoms with Gasteiger partial charge < -0.3 is 0 Å². The van der Waals surface area contributed by atoms with Crippen LogP contribution in [0, 0.1) is 150 Å². The second-order valence-electron chi connectivity index (χ2n) is 13.4. The number of rotatable bonds is 7. The number of nitriles is 2. The molecule has 1 unspecified atom stereocenters. The first-order chi connectivity index (χ1) is 31.9. The second kappa shape index (κ2) is 19.7. The van der Waals surface area contributed by atoms with Gasteiger partial charge in [-0.3, -0.25) is 0 Å². The van der Waals surface area contributed by atoms with Gasteiger partial charge in [0.25, 0.3) is 0 Å². The minimum atomic E-state index is -7.22. The quantitative estimate of drug-likeness (QED) is 0.0305. The van der Waals surface area contributed by atoms with E-state index in [1.54, 1.807) is 36.4 Å². The summed E-state index contributed by atoms with van der Waals surface area (Å²) in [4.78, 5) is 0.593. The molecule has 0 fully saturated rings. The highest BCUT2D eigenvalue weighted by Crippen LogP contribution is 2.31. The Morgan fingerprint density at radius 3 is 0.926 bits per heavy atom. The molecule has 3 nitrogen and oxygen atoms in total. The first-order valence-electron chi connectivity index (χ1n) is 17.8. The minimum absolute atomic E-state index is 0.0350. The third-order valence-corrected chi connectivity index (χ3v) is 11.8. The van der Waals surface area contributed by atoms with Gasteiger partial charge in [0.05, 0.1) is 0 Å². The Hall–Kier alpha value is -7.59. The number of allylic oxidation sites excluding steroid dienone is 1. The summed E-state index contributed by atoms with van der Waals surface area (Å²) in [7, 11) is -2.72. The number of benzene rings is 6. The number of hydrogen-bond acceptors (Lipinski definition) is 3. The van der Waals surface area contributed by atoms with E-state index < -0.39 is 154 Å². The fourth-order valence-electron chi connectivity index (χ4n) is 6.69. The normalized spacial score (nSPS) is 11.9. The molecule has 6 rings (SSSR count). The zero-order chi connectivity index (χ0) is 50.9. The van der Waals surface area contributed by atoms with Gasteiger partial charge in [0.1, 0.15) is 70.4 Å². The Kier molecular flexibility index (Phi) is 14.9. The Morgan fingerprint density at radius 1 is 0.412 bits per heavy atom. The van der Waals surface area contributed by atoms with Crippen LogP contribution in [0.2, 0.25) is 0 Å². The molecule has 350 valence electrons. The molecular weight excluding hydrogens is 983 g/mol. The van der Waals surface area contributed by atoms with Crippen LogP contribution in [-0.2, 0) is 14.1 Å². The summed E-state index contributed by atoms with van der Waals surface area (Å²) < 4.78 is 307. The van der Waals surface area contributed by atoms with Gasteiger partial charge in [-0.25, -0.2) is 87.8 Å². The van der Waals surface area contributed by atoms with Gasteiger partial charge in [0.2, 0.25) is 0 Å². The summed E-state index contributed by atoms with van der Waals surface area (Å²) in [5, 5.41) is 20.5. The van der Waals surface area contributed by atoms with Crippen molar-refractivity contribution in [2.24, 2.45) is 0 Å². The fraction of sp³-hybridized carbons (Fsp3) is 0.0233. The average Bonchev–Trinajstić information content (AvgIpc) is 3.34. The molecule has 0 saturated heterocycles. The lowest BCUT2D eigenvalue weighted by atomic mass is 9.12. The van der Waals surface area contributed by atoms with E-state index in [0.717, 1.165) is 5.56 Å². The van der Waals surface area contributed by atoms with Crippen LogP contribution in [0.15, 0.2) is 77.2 Å². The molecule has 0 saturated carbocycles. The smallest absolute Gasteiger partial charge is 0.200 e. The van der Waals surface area contributed by atoms with Crippen LogP contribution in [0.25, 0.3) is 0 Å². The molecule has 1 atom stereocenters. The van der Waals surface area contributed by atoms with E-state index >= 15 is 35.1 Å². The average molecular weight is 996 g/mol. The highest BCUT2D eigenvalue weighted by Gasteiger charge is 2.52.